The van der Waals surface area contributed by atoms with Gasteiger partial charge in [0.1, 0.15) is 0 Å². The number of carbonyl (C=O) groups excluding carboxylic acids is 2. The molecule has 0 atom stereocenters. The van der Waals surface area contributed by atoms with E-state index in [1.54, 1.807) is 0 Å². The molecule has 0 aromatic heterocycles. The second-order valence-electron chi connectivity index (χ2n) is 13.1. The summed E-state index contributed by atoms with van der Waals surface area (Å²) in [6, 6.07) is 0. The molecule has 2 amide bonds. The highest BCUT2D eigenvalue weighted by atomic mass is 16.2. The first-order valence-electron chi connectivity index (χ1n) is 13.5. The molecule has 0 aliphatic heterocycles. The summed E-state index contributed by atoms with van der Waals surface area (Å²) in [7, 11) is 0. The highest BCUT2D eigenvalue weighted by Crippen LogP contribution is 2.61. The molecular formula is C28H38N2O2. The van der Waals surface area contributed by atoms with E-state index in [0.29, 0.717) is 0 Å². The van der Waals surface area contributed by atoms with Crippen LogP contribution in [0.3, 0.4) is 0 Å². The average Bonchev–Trinajstić information content (AvgIpc) is 2.73. The van der Waals surface area contributed by atoms with Crippen LogP contribution in [0.5, 0.6) is 0 Å². The van der Waals surface area contributed by atoms with Gasteiger partial charge in [-0.25, -0.2) is 0 Å². The zero-order chi connectivity index (χ0) is 21.5. The van der Waals surface area contributed by atoms with Crippen LogP contribution in [-0.4, -0.2) is 11.8 Å². The van der Waals surface area contributed by atoms with Crippen LogP contribution >= 0.6 is 0 Å². The maximum atomic E-state index is 13.6. The summed E-state index contributed by atoms with van der Waals surface area (Å²) in [5.41, 5.74) is 1.44. The molecule has 4 nitrogen and oxygen atoms in total. The highest BCUT2D eigenvalue weighted by Gasteiger charge is 2.56. The number of allylic oxidation sites excluding steroid dienone is 2. The summed E-state index contributed by atoms with van der Waals surface area (Å²) in [6.45, 7) is 0. The Labute approximate surface area is 192 Å². The van der Waals surface area contributed by atoms with Gasteiger partial charge in [0.05, 0.1) is 22.2 Å². The third-order valence-electron chi connectivity index (χ3n) is 10.7. The summed E-state index contributed by atoms with van der Waals surface area (Å²) in [5.74, 6) is 5.04. The molecule has 172 valence electrons. The Morgan fingerprint density at radius 3 is 1.12 bits per heavy atom. The van der Waals surface area contributed by atoms with Crippen molar-refractivity contribution < 1.29 is 9.59 Å². The maximum Gasteiger partial charge on any atom is 0.230 e. The Kier molecular flexibility index (Phi) is 4.32. The van der Waals surface area contributed by atoms with Gasteiger partial charge >= 0.3 is 0 Å². The molecular weight excluding hydrogens is 396 g/mol. The topological polar surface area (TPSA) is 58.2 Å². The van der Waals surface area contributed by atoms with Gasteiger partial charge in [-0.15, -0.1) is 0 Å². The minimum absolute atomic E-state index is 0.151. The van der Waals surface area contributed by atoms with Crippen molar-refractivity contribution in [2.75, 3.05) is 0 Å². The van der Waals surface area contributed by atoms with Crippen molar-refractivity contribution in [3.05, 3.63) is 23.5 Å². The molecule has 2 N–H and O–H groups in total. The first kappa shape index (κ1) is 19.9. The minimum atomic E-state index is -0.151. The van der Waals surface area contributed by atoms with Crippen molar-refractivity contribution in [2.24, 2.45) is 46.3 Å². The molecule has 9 aliphatic rings. The van der Waals surface area contributed by atoms with Crippen LogP contribution in [0, 0.1) is 46.3 Å². The molecule has 8 fully saturated rings. The van der Waals surface area contributed by atoms with Crippen LogP contribution in [0.2, 0.25) is 0 Å². The van der Waals surface area contributed by atoms with E-state index >= 15 is 0 Å². The molecule has 9 rings (SSSR count). The number of hydrogen-bond donors (Lipinski definition) is 2. The molecule has 9 aliphatic carbocycles. The molecule has 4 heteroatoms. The number of rotatable bonds is 4. The molecule has 0 spiro atoms. The van der Waals surface area contributed by atoms with E-state index in [9.17, 15) is 9.59 Å². The second kappa shape index (κ2) is 6.96. The van der Waals surface area contributed by atoms with Gasteiger partial charge in [0, 0.05) is 0 Å². The van der Waals surface area contributed by atoms with Crippen LogP contribution in [0.25, 0.3) is 0 Å². The highest BCUT2D eigenvalue weighted by molar-refractivity contribution is 5.88. The zero-order valence-electron chi connectivity index (χ0n) is 19.3. The Hall–Kier alpha value is -1.58. The minimum Gasteiger partial charge on any atom is -0.324 e. The molecule has 0 saturated heterocycles. The smallest absolute Gasteiger partial charge is 0.230 e. The monoisotopic (exact) mass is 434 g/mol. The molecule has 32 heavy (non-hydrogen) atoms. The van der Waals surface area contributed by atoms with Gasteiger partial charge in [-0.2, -0.15) is 0 Å². The number of hydrogen-bond acceptors (Lipinski definition) is 2. The Morgan fingerprint density at radius 1 is 0.562 bits per heavy atom. The number of carbonyl (C=O) groups is 2. The summed E-state index contributed by atoms with van der Waals surface area (Å²) in [6.07, 6.45) is 20.7. The standard InChI is InChI=1S/C28H38N2O2/c31-25(27-11-17-5-18(12-27)7-19(6-17)13-27)29-23-3-1-2-4-24(23)30-26(32)28-14-20-8-21(15-28)10-22(9-20)16-28/h3-4,17-22H,1-2,5-16H2,(H,29,31)(H,30,32). The normalized spacial score (nSPS) is 47.8. The lowest BCUT2D eigenvalue weighted by atomic mass is 9.49. The average molecular weight is 435 g/mol. The van der Waals surface area contributed by atoms with Crippen molar-refractivity contribution in [2.45, 2.75) is 89.9 Å². The fraction of sp³-hybridized carbons (Fsp3) is 0.786. The zero-order valence-corrected chi connectivity index (χ0v) is 19.3. The molecule has 0 aromatic rings. The predicted octanol–water partition coefficient (Wildman–Crippen LogP) is 5.21. The van der Waals surface area contributed by atoms with Crippen molar-refractivity contribution in [1.82, 2.24) is 10.6 Å². The fourth-order valence-corrected chi connectivity index (χ4v) is 10.2. The molecule has 8 saturated carbocycles. The Bertz CT molecular complexity index is 768. The first-order valence-corrected chi connectivity index (χ1v) is 13.5. The van der Waals surface area contributed by atoms with Crippen LogP contribution in [0.4, 0.5) is 0 Å². The van der Waals surface area contributed by atoms with Crippen LogP contribution < -0.4 is 10.6 Å². The van der Waals surface area contributed by atoms with Gasteiger partial charge in [0.2, 0.25) is 11.8 Å². The molecule has 0 radical (unpaired) electrons. The van der Waals surface area contributed by atoms with E-state index in [1.807, 2.05) is 0 Å². The van der Waals surface area contributed by atoms with Crippen LogP contribution in [-0.2, 0) is 9.59 Å². The van der Waals surface area contributed by atoms with Gasteiger partial charge in [-0.05, 0) is 125 Å². The lowest BCUT2D eigenvalue weighted by molar-refractivity contribution is -0.146. The van der Waals surface area contributed by atoms with Crippen molar-refractivity contribution in [1.29, 1.82) is 0 Å². The third kappa shape index (κ3) is 3.07. The van der Waals surface area contributed by atoms with E-state index in [-0.39, 0.29) is 22.6 Å². The first-order chi connectivity index (χ1) is 15.5. The van der Waals surface area contributed by atoms with Crippen molar-refractivity contribution in [3.8, 4) is 0 Å². The summed E-state index contributed by atoms with van der Waals surface area (Å²) < 4.78 is 0. The Balaban J connectivity index is 1.07. The maximum absolute atomic E-state index is 13.6. The quantitative estimate of drug-likeness (QED) is 0.638. The lowest BCUT2D eigenvalue weighted by Gasteiger charge is -2.56. The van der Waals surface area contributed by atoms with E-state index in [1.165, 1.54) is 38.5 Å². The SMILES string of the molecule is O=C(NC1=CCCC=C1NC(=O)C12CC3CC(CC(C3)C1)C2)C12CC3CC(CC(C3)C1)C2. The third-order valence-corrected chi connectivity index (χ3v) is 10.7. The van der Waals surface area contributed by atoms with Crippen molar-refractivity contribution >= 4 is 11.8 Å². The molecule has 0 aromatic carbocycles. The van der Waals surface area contributed by atoms with Gasteiger partial charge in [-0.3, -0.25) is 9.59 Å². The number of amides is 2. The van der Waals surface area contributed by atoms with Gasteiger partial charge in [0.15, 0.2) is 0 Å². The van der Waals surface area contributed by atoms with E-state index in [4.69, 9.17) is 0 Å². The van der Waals surface area contributed by atoms with Gasteiger partial charge in [0.25, 0.3) is 0 Å². The van der Waals surface area contributed by atoms with Crippen LogP contribution in [0.15, 0.2) is 23.5 Å². The van der Waals surface area contributed by atoms with Gasteiger partial charge in [-0.1, -0.05) is 12.2 Å². The Morgan fingerprint density at radius 2 is 0.844 bits per heavy atom. The van der Waals surface area contributed by atoms with Crippen LogP contribution in [0.1, 0.15) is 89.9 Å². The second-order valence-corrected chi connectivity index (χ2v) is 13.1. The molecule has 0 heterocycles. The van der Waals surface area contributed by atoms with Gasteiger partial charge < -0.3 is 10.6 Å². The fourth-order valence-electron chi connectivity index (χ4n) is 10.2. The largest absolute Gasteiger partial charge is 0.324 e. The summed E-state index contributed by atoms with van der Waals surface area (Å²) in [4.78, 5) is 27.3. The predicted molar refractivity (Wildman–Crippen MR) is 123 cm³/mol. The van der Waals surface area contributed by atoms with E-state index in [0.717, 1.165) is 98.3 Å². The summed E-state index contributed by atoms with van der Waals surface area (Å²) >= 11 is 0. The molecule has 0 unspecified atom stereocenters. The number of nitrogens with one attached hydrogen (secondary N) is 2. The molecule has 8 bridgehead atoms. The lowest BCUT2D eigenvalue weighted by Crippen LogP contribution is -2.55. The van der Waals surface area contributed by atoms with Crippen molar-refractivity contribution in [3.63, 3.8) is 0 Å². The van der Waals surface area contributed by atoms with E-state index < -0.39 is 0 Å². The summed E-state index contributed by atoms with van der Waals surface area (Å²) in [5, 5.41) is 6.69. The van der Waals surface area contributed by atoms with E-state index in [2.05, 4.69) is 22.8 Å².